The van der Waals surface area contributed by atoms with E-state index in [1.54, 1.807) is 0 Å². The van der Waals surface area contributed by atoms with Crippen molar-refractivity contribution in [2.45, 2.75) is 79.1 Å². The van der Waals surface area contributed by atoms with E-state index in [1.165, 1.54) is 0 Å². The minimum atomic E-state index is -0.611. The van der Waals surface area contributed by atoms with E-state index in [0.29, 0.717) is 36.8 Å². The van der Waals surface area contributed by atoms with E-state index in [0.717, 1.165) is 25.7 Å². The van der Waals surface area contributed by atoms with Crippen LogP contribution in [0.25, 0.3) is 0 Å². The molecule has 4 saturated carbocycles. The highest BCUT2D eigenvalue weighted by Gasteiger charge is 2.79. The van der Waals surface area contributed by atoms with Crippen LogP contribution in [0.1, 0.15) is 67.2 Å². The highest BCUT2D eigenvalue weighted by atomic mass is 16.7. The van der Waals surface area contributed by atoms with Gasteiger partial charge in [0.15, 0.2) is 5.79 Å². The average Bonchev–Trinajstić information content (AvgIpc) is 3.26. The predicted molar refractivity (Wildman–Crippen MR) is 106 cm³/mol. The molecule has 0 radical (unpaired) electrons. The van der Waals surface area contributed by atoms with Gasteiger partial charge in [0.25, 0.3) is 0 Å². The summed E-state index contributed by atoms with van der Waals surface area (Å²) in [6, 6.07) is 0. The second-order valence-corrected chi connectivity index (χ2v) is 11.7. The molecule has 1 spiro atoms. The van der Waals surface area contributed by atoms with Crippen molar-refractivity contribution in [3.63, 3.8) is 0 Å². The lowest BCUT2D eigenvalue weighted by atomic mass is 9.35. The van der Waals surface area contributed by atoms with Gasteiger partial charge in [0.05, 0.1) is 19.3 Å². The summed E-state index contributed by atoms with van der Waals surface area (Å²) >= 11 is 0. The largest absolute Gasteiger partial charge is 0.392 e. The fourth-order valence-electron chi connectivity index (χ4n) is 8.90. The molecule has 4 aliphatic carbocycles. The molecular weight excluding hydrogens is 352 g/mol. The summed E-state index contributed by atoms with van der Waals surface area (Å²) < 4.78 is 12.6. The molecule has 1 heterocycles. The van der Waals surface area contributed by atoms with Gasteiger partial charge in [-0.15, -0.1) is 0 Å². The molecule has 1 saturated heterocycles. The normalized spacial score (nSPS) is 56.5. The Bertz CT molecular complexity index is 695. The number of carbonyl (C=O) groups excluding carboxylic acids is 1. The maximum absolute atomic E-state index is 14.3. The highest BCUT2D eigenvalue weighted by Crippen LogP contribution is 2.76. The fraction of sp³-hybridized carbons (Fsp3) is 0.958. The van der Waals surface area contributed by atoms with Crippen LogP contribution in [0.3, 0.4) is 0 Å². The van der Waals surface area contributed by atoms with Crippen LogP contribution in [0.4, 0.5) is 0 Å². The third kappa shape index (κ3) is 1.92. The fourth-order valence-corrected chi connectivity index (χ4v) is 8.90. The number of aliphatic hydroxyl groups is 1. The first-order chi connectivity index (χ1) is 13.0. The van der Waals surface area contributed by atoms with Crippen LogP contribution in [0.15, 0.2) is 0 Å². The smallest absolute Gasteiger partial charge is 0.172 e. The summed E-state index contributed by atoms with van der Waals surface area (Å²) in [6.45, 7) is 14.7. The molecule has 0 aromatic carbocycles. The van der Waals surface area contributed by atoms with Crippen LogP contribution >= 0.6 is 0 Å². The zero-order valence-corrected chi connectivity index (χ0v) is 18.5. The summed E-state index contributed by atoms with van der Waals surface area (Å²) in [6.07, 6.45) is 3.58. The van der Waals surface area contributed by atoms with Crippen LogP contribution in [0.2, 0.25) is 0 Å². The third-order valence-electron chi connectivity index (χ3n) is 10.9. The van der Waals surface area contributed by atoms with Gasteiger partial charge in [0, 0.05) is 29.6 Å². The van der Waals surface area contributed by atoms with E-state index in [2.05, 4.69) is 41.5 Å². The lowest BCUT2D eigenvalue weighted by molar-refractivity contribution is -0.282. The van der Waals surface area contributed by atoms with Gasteiger partial charge in [-0.3, -0.25) is 4.79 Å². The SMILES string of the molecule is CC1C2C(=O)[C@]3(C)C(C)CCC4(CCC5(OCCO5)C43)C2C(O)C(C)(C)[C@@H]1C. The molecule has 158 valence electrons. The molecule has 0 aromatic rings. The molecule has 1 N–H and O–H groups in total. The summed E-state index contributed by atoms with van der Waals surface area (Å²) in [5.41, 5.74) is -0.658. The van der Waals surface area contributed by atoms with Gasteiger partial charge in [-0.25, -0.2) is 0 Å². The number of fused-ring (bicyclic) bond motifs is 1. The molecule has 7 unspecified atom stereocenters. The molecular formula is C24H38O4. The lowest BCUT2D eigenvalue weighted by Gasteiger charge is -2.69. The second kappa shape index (κ2) is 5.62. The van der Waals surface area contributed by atoms with E-state index in [-0.39, 0.29) is 28.6 Å². The van der Waals surface area contributed by atoms with Crippen molar-refractivity contribution in [1.29, 1.82) is 0 Å². The van der Waals surface area contributed by atoms with Gasteiger partial charge in [-0.05, 0) is 47.8 Å². The minimum absolute atomic E-state index is 0.0268. The van der Waals surface area contributed by atoms with Gasteiger partial charge < -0.3 is 14.6 Å². The standard InChI is InChI=1S/C24H38O4/c1-13-7-8-23-9-10-24(27-11-12-28-24)20(23)22(13,6)18(25)16-14(2)15(3)21(4,5)19(26)17(16)23/h13-17,19-20,26H,7-12H2,1-6H3/t13?,14?,15-,16?,17?,19?,20?,22+,23?/m1/s1. The number of rotatable bonds is 0. The average molecular weight is 391 g/mol. The Morgan fingerprint density at radius 1 is 1.00 bits per heavy atom. The number of Topliss-reactive ketones (excluding diaryl/α,β-unsaturated/α-hetero) is 1. The lowest BCUT2D eigenvalue weighted by Crippen LogP contribution is -2.72. The van der Waals surface area contributed by atoms with Gasteiger partial charge in [0.1, 0.15) is 5.78 Å². The first kappa shape index (κ1) is 19.5. The zero-order valence-electron chi connectivity index (χ0n) is 18.5. The number of ketones is 1. The number of aliphatic hydroxyl groups excluding tert-OH is 1. The Kier molecular flexibility index (Phi) is 3.91. The van der Waals surface area contributed by atoms with E-state index >= 15 is 0 Å². The maximum Gasteiger partial charge on any atom is 0.172 e. The van der Waals surface area contributed by atoms with Crippen LogP contribution in [-0.4, -0.2) is 36.0 Å². The second-order valence-electron chi connectivity index (χ2n) is 11.7. The van der Waals surface area contributed by atoms with Crippen molar-refractivity contribution in [2.75, 3.05) is 13.2 Å². The quantitative estimate of drug-likeness (QED) is 0.678. The molecule has 4 heteroatoms. The van der Waals surface area contributed by atoms with E-state index in [1.807, 2.05) is 0 Å². The number of hydrogen-bond donors (Lipinski definition) is 1. The number of hydrogen-bond acceptors (Lipinski definition) is 4. The molecule has 5 aliphatic rings. The van der Waals surface area contributed by atoms with Crippen LogP contribution in [0, 0.1) is 51.8 Å². The van der Waals surface area contributed by atoms with Crippen molar-refractivity contribution in [1.82, 2.24) is 0 Å². The Morgan fingerprint density at radius 3 is 2.29 bits per heavy atom. The van der Waals surface area contributed by atoms with Crippen LogP contribution < -0.4 is 0 Å². The van der Waals surface area contributed by atoms with Crippen LogP contribution in [-0.2, 0) is 14.3 Å². The predicted octanol–water partition coefficient (Wildman–Crippen LogP) is 4.05. The van der Waals surface area contributed by atoms with Crippen molar-refractivity contribution >= 4 is 5.78 Å². The molecule has 1 aliphatic heterocycles. The zero-order chi connectivity index (χ0) is 20.3. The monoisotopic (exact) mass is 390 g/mol. The van der Waals surface area contributed by atoms with E-state index in [9.17, 15) is 9.90 Å². The Balaban J connectivity index is 1.73. The molecule has 5 rings (SSSR count). The summed E-state index contributed by atoms with van der Waals surface area (Å²) in [7, 11) is 0. The topological polar surface area (TPSA) is 55.8 Å². The maximum atomic E-state index is 14.3. The number of ether oxygens (including phenoxy) is 2. The minimum Gasteiger partial charge on any atom is -0.392 e. The molecule has 2 bridgehead atoms. The third-order valence-corrected chi connectivity index (χ3v) is 10.9. The van der Waals surface area contributed by atoms with Crippen molar-refractivity contribution in [2.24, 2.45) is 51.8 Å². The molecule has 9 atom stereocenters. The first-order valence-corrected chi connectivity index (χ1v) is 11.5. The van der Waals surface area contributed by atoms with Gasteiger partial charge in [0.2, 0.25) is 0 Å². The molecule has 0 aromatic heterocycles. The molecule has 4 nitrogen and oxygen atoms in total. The first-order valence-electron chi connectivity index (χ1n) is 11.5. The van der Waals surface area contributed by atoms with Gasteiger partial charge in [-0.2, -0.15) is 0 Å². The Hall–Kier alpha value is -0.450. The molecule has 28 heavy (non-hydrogen) atoms. The van der Waals surface area contributed by atoms with Gasteiger partial charge >= 0.3 is 0 Å². The summed E-state index contributed by atoms with van der Waals surface area (Å²) in [4.78, 5) is 14.3. The summed E-state index contributed by atoms with van der Waals surface area (Å²) in [5, 5.41) is 11.7. The summed E-state index contributed by atoms with van der Waals surface area (Å²) in [5.74, 6) is 0.766. The van der Waals surface area contributed by atoms with Crippen molar-refractivity contribution in [3.05, 3.63) is 0 Å². The van der Waals surface area contributed by atoms with Crippen LogP contribution in [0.5, 0.6) is 0 Å². The Labute approximate surface area is 169 Å². The van der Waals surface area contributed by atoms with E-state index < -0.39 is 17.3 Å². The highest BCUT2D eigenvalue weighted by molar-refractivity contribution is 5.90. The van der Waals surface area contributed by atoms with Gasteiger partial charge in [-0.1, -0.05) is 41.5 Å². The Morgan fingerprint density at radius 2 is 1.64 bits per heavy atom. The van der Waals surface area contributed by atoms with E-state index in [4.69, 9.17) is 9.47 Å². The van der Waals surface area contributed by atoms with Crippen molar-refractivity contribution in [3.8, 4) is 0 Å². The molecule has 0 amide bonds. The van der Waals surface area contributed by atoms with Crippen molar-refractivity contribution < 1.29 is 19.4 Å². The number of carbonyl (C=O) groups is 1. The molecule has 5 fully saturated rings.